The highest BCUT2D eigenvalue weighted by Crippen LogP contribution is 2.22. The molecule has 1 atom stereocenters. The summed E-state index contributed by atoms with van der Waals surface area (Å²) in [4.78, 5) is 11.3. The maximum absolute atomic E-state index is 11.3. The van der Waals surface area contributed by atoms with Gasteiger partial charge in [0.2, 0.25) is 0 Å². The summed E-state index contributed by atoms with van der Waals surface area (Å²) >= 11 is 0. The molecule has 1 saturated carbocycles. The van der Waals surface area contributed by atoms with Gasteiger partial charge in [0.15, 0.2) is 0 Å². The van der Waals surface area contributed by atoms with Crippen molar-refractivity contribution in [3.05, 3.63) is 29.8 Å². The van der Waals surface area contributed by atoms with E-state index < -0.39 is 0 Å². The van der Waals surface area contributed by atoms with Crippen LogP contribution in [0, 0.1) is 0 Å². The number of hydrogen-bond acceptors (Lipinski definition) is 2. The molecule has 2 amide bonds. The van der Waals surface area contributed by atoms with E-state index >= 15 is 0 Å². The summed E-state index contributed by atoms with van der Waals surface area (Å²) in [5, 5.41) is 9.08. The highest BCUT2D eigenvalue weighted by atomic mass is 16.2. The van der Waals surface area contributed by atoms with Crippen molar-refractivity contribution in [1.82, 2.24) is 10.6 Å². The van der Waals surface area contributed by atoms with Crippen LogP contribution >= 0.6 is 0 Å². The van der Waals surface area contributed by atoms with Crippen molar-refractivity contribution < 1.29 is 4.79 Å². The first-order valence-electron chi connectivity index (χ1n) is 7.54. The molecule has 0 aliphatic heterocycles. The molecule has 4 nitrogen and oxygen atoms in total. The molecule has 0 heterocycles. The van der Waals surface area contributed by atoms with Crippen LogP contribution in [0.3, 0.4) is 0 Å². The number of hydrogen-bond donors (Lipinski definition) is 3. The van der Waals surface area contributed by atoms with Crippen LogP contribution in [0.5, 0.6) is 0 Å². The molecule has 1 aromatic rings. The highest BCUT2D eigenvalue weighted by molar-refractivity contribution is 5.89. The lowest BCUT2D eigenvalue weighted by atomic mass is 9.94. The van der Waals surface area contributed by atoms with Gasteiger partial charge < -0.3 is 16.0 Å². The summed E-state index contributed by atoms with van der Waals surface area (Å²) < 4.78 is 0. The molecule has 1 aliphatic carbocycles. The van der Waals surface area contributed by atoms with E-state index in [-0.39, 0.29) is 6.03 Å². The molecule has 1 unspecified atom stereocenters. The van der Waals surface area contributed by atoms with Crippen LogP contribution < -0.4 is 16.0 Å². The Hall–Kier alpha value is -1.55. The summed E-state index contributed by atoms with van der Waals surface area (Å²) in [5.74, 6) is 0. The fourth-order valence-corrected chi connectivity index (χ4v) is 2.80. The first-order valence-corrected chi connectivity index (χ1v) is 7.54. The van der Waals surface area contributed by atoms with Crippen molar-refractivity contribution in [2.75, 3.05) is 12.4 Å². The third kappa shape index (κ3) is 4.23. The molecule has 1 aromatic carbocycles. The zero-order valence-electron chi connectivity index (χ0n) is 12.4. The van der Waals surface area contributed by atoms with Crippen LogP contribution in [0.2, 0.25) is 0 Å². The fourth-order valence-electron chi connectivity index (χ4n) is 2.80. The Morgan fingerprint density at radius 1 is 1.25 bits per heavy atom. The van der Waals surface area contributed by atoms with Gasteiger partial charge in [-0.1, -0.05) is 31.4 Å². The molecule has 0 radical (unpaired) electrons. The Morgan fingerprint density at radius 3 is 2.70 bits per heavy atom. The van der Waals surface area contributed by atoms with Crippen molar-refractivity contribution in [3.8, 4) is 0 Å². The Kier molecular flexibility index (Phi) is 5.41. The summed E-state index contributed by atoms with van der Waals surface area (Å²) in [6.45, 7) is 2.19. The van der Waals surface area contributed by atoms with Crippen molar-refractivity contribution in [3.63, 3.8) is 0 Å². The minimum atomic E-state index is -0.185. The van der Waals surface area contributed by atoms with Crippen LogP contribution in [-0.2, 0) is 0 Å². The van der Waals surface area contributed by atoms with Crippen molar-refractivity contribution in [1.29, 1.82) is 0 Å². The molecule has 0 bridgehead atoms. The monoisotopic (exact) mass is 275 g/mol. The number of benzene rings is 1. The Bertz CT molecular complexity index is 441. The standard InChI is InChI=1S/C16H25N3O/c1-12(18-14-8-4-3-5-9-14)13-7-6-10-15(11-13)19-16(20)17-2/h6-7,10-12,14,18H,3-5,8-9H2,1-2H3,(H2,17,19,20). The molecule has 1 fully saturated rings. The fraction of sp³-hybridized carbons (Fsp3) is 0.562. The normalized spacial score (nSPS) is 17.5. The van der Waals surface area contributed by atoms with Gasteiger partial charge in [0.25, 0.3) is 0 Å². The second-order valence-corrected chi connectivity index (χ2v) is 5.55. The highest BCUT2D eigenvalue weighted by Gasteiger charge is 2.16. The minimum absolute atomic E-state index is 0.185. The van der Waals surface area contributed by atoms with Crippen LogP contribution in [0.15, 0.2) is 24.3 Å². The van der Waals surface area contributed by atoms with Crippen molar-refractivity contribution in [2.24, 2.45) is 0 Å². The number of rotatable bonds is 4. The van der Waals surface area contributed by atoms with Gasteiger partial charge in [-0.15, -0.1) is 0 Å². The Balaban J connectivity index is 1.96. The molecule has 20 heavy (non-hydrogen) atoms. The summed E-state index contributed by atoms with van der Waals surface area (Å²) in [5.41, 5.74) is 2.05. The predicted molar refractivity (Wildman–Crippen MR) is 82.9 cm³/mol. The number of carbonyl (C=O) groups excluding carboxylic acids is 1. The van der Waals surface area contributed by atoms with E-state index in [1.165, 1.54) is 37.7 Å². The molecule has 3 N–H and O–H groups in total. The minimum Gasteiger partial charge on any atom is -0.341 e. The van der Waals surface area contributed by atoms with E-state index in [4.69, 9.17) is 0 Å². The molecule has 1 aliphatic rings. The lowest BCUT2D eigenvalue weighted by Gasteiger charge is -2.27. The predicted octanol–water partition coefficient (Wildman–Crippen LogP) is 3.42. The maximum atomic E-state index is 11.3. The smallest absolute Gasteiger partial charge is 0.318 e. The average Bonchev–Trinajstić information content (AvgIpc) is 2.48. The zero-order chi connectivity index (χ0) is 14.4. The lowest BCUT2D eigenvalue weighted by molar-refractivity contribution is 0.254. The molecular weight excluding hydrogens is 250 g/mol. The van der Waals surface area contributed by atoms with E-state index in [1.807, 2.05) is 18.2 Å². The molecule has 2 rings (SSSR count). The lowest BCUT2D eigenvalue weighted by Crippen LogP contribution is -2.33. The van der Waals surface area contributed by atoms with Crippen molar-refractivity contribution in [2.45, 2.75) is 51.1 Å². The van der Waals surface area contributed by atoms with E-state index in [0.717, 1.165) is 5.69 Å². The van der Waals surface area contributed by atoms with E-state index in [0.29, 0.717) is 12.1 Å². The van der Waals surface area contributed by atoms with Gasteiger partial charge in [-0.25, -0.2) is 4.79 Å². The van der Waals surface area contributed by atoms with Crippen LogP contribution in [0.4, 0.5) is 10.5 Å². The average molecular weight is 275 g/mol. The van der Waals surface area contributed by atoms with Gasteiger partial charge >= 0.3 is 6.03 Å². The molecule has 4 heteroatoms. The third-order valence-electron chi connectivity index (χ3n) is 3.96. The first kappa shape index (κ1) is 14.9. The number of carbonyl (C=O) groups is 1. The number of amides is 2. The number of urea groups is 1. The van der Waals surface area contributed by atoms with Crippen LogP contribution in [-0.4, -0.2) is 19.1 Å². The van der Waals surface area contributed by atoms with E-state index in [2.05, 4.69) is 28.9 Å². The van der Waals surface area contributed by atoms with Gasteiger partial charge in [0.05, 0.1) is 0 Å². The van der Waals surface area contributed by atoms with E-state index in [1.54, 1.807) is 7.05 Å². The van der Waals surface area contributed by atoms with Gasteiger partial charge in [0, 0.05) is 24.8 Å². The molecule has 0 aromatic heterocycles. The molecule has 110 valence electrons. The zero-order valence-corrected chi connectivity index (χ0v) is 12.4. The topological polar surface area (TPSA) is 53.2 Å². The molecular formula is C16H25N3O. The third-order valence-corrected chi connectivity index (χ3v) is 3.96. The first-order chi connectivity index (χ1) is 9.69. The SMILES string of the molecule is CNC(=O)Nc1cccc(C(C)NC2CCCCC2)c1. The summed E-state index contributed by atoms with van der Waals surface area (Å²) in [6.07, 6.45) is 6.60. The van der Waals surface area contributed by atoms with Gasteiger partial charge in [-0.2, -0.15) is 0 Å². The van der Waals surface area contributed by atoms with Crippen LogP contribution in [0.25, 0.3) is 0 Å². The molecule has 0 spiro atoms. The Morgan fingerprint density at radius 2 is 2.00 bits per heavy atom. The Labute approximate surface area is 121 Å². The van der Waals surface area contributed by atoms with Crippen LogP contribution in [0.1, 0.15) is 50.6 Å². The van der Waals surface area contributed by atoms with E-state index in [9.17, 15) is 4.79 Å². The quantitative estimate of drug-likeness (QED) is 0.788. The largest absolute Gasteiger partial charge is 0.341 e. The van der Waals surface area contributed by atoms with Gasteiger partial charge in [0.1, 0.15) is 0 Å². The maximum Gasteiger partial charge on any atom is 0.318 e. The number of nitrogens with one attached hydrogen (secondary N) is 3. The van der Waals surface area contributed by atoms with Crippen molar-refractivity contribution >= 4 is 11.7 Å². The number of anilines is 1. The second-order valence-electron chi connectivity index (χ2n) is 5.55. The van der Waals surface area contributed by atoms with Gasteiger partial charge in [-0.3, -0.25) is 0 Å². The summed E-state index contributed by atoms with van der Waals surface area (Å²) in [7, 11) is 1.62. The van der Waals surface area contributed by atoms with Gasteiger partial charge in [-0.05, 0) is 37.5 Å². The second kappa shape index (κ2) is 7.29. The summed E-state index contributed by atoms with van der Waals surface area (Å²) in [6, 6.07) is 8.80. The molecule has 0 saturated heterocycles.